The number of phenolic OH excluding ortho intramolecular Hbond substituents is 4. The topological polar surface area (TPSA) is 454 Å². The van der Waals surface area contributed by atoms with Crippen molar-refractivity contribution in [3.63, 3.8) is 0 Å². The summed E-state index contributed by atoms with van der Waals surface area (Å²) in [6.45, 7) is 4.84. The number of Topliss-reactive ketones (excluding diaryl/α,β-unsaturated/α-hetero) is 2. The number of benzene rings is 4. The first-order valence-electron chi connectivity index (χ1n) is 27.9. The van der Waals surface area contributed by atoms with Crippen LogP contribution in [0.5, 0.6) is 34.5 Å². The summed E-state index contributed by atoms with van der Waals surface area (Å²) in [5.74, 6) is -13.6. The third-order valence-electron chi connectivity index (χ3n) is 17.4. The largest absolute Gasteiger partial charge is 0.507 e. The highest BCUT2D eigenvalue weighted by atomic mass is 35.5. The zero-order valence-corrected chi connectivity index (χ0v) is 49.5. The van der Waals surface area contributed by atoms with E-state index in [1.54, 1.807) is 0 Å². The molecule has 0 saturated carbocycles. The molecule has 0 radical (unpaired) electrons. The van der Waals surface area contributed by atoms with Crippen LogP contribution in [-0.4, -0.2) is 184 Å². The fraction of sp³-hybridized carbons (Fsp3) is 0.450. The molecule has 6 aliphatic rings. The number of aliphatic hydroxyl groups excluding tert-OH is 2. The summed E-state index contributed by atoms with van der Waals surface area (Å²) in [5.41, 5.74) is -7.57. The van der Waals surface area contributed by atoms with Crippen LogP contribution in [0.25, 0.3) is 0 Å². The molecule has 12 N–H and O–H groups in total. The third kappa shape index (κ3) is 11.3. The van der Waals surface area contributed by atoms with Crippen molar-refractivity contribution in [3.05, 3.63) is 103 Å². The Morgan fingerprint density at radius 1 is 0.589 bits per heavy atom. The van der Waals surface area contributed by atoms with E-state index in [1.165, 1.54) is 64.5 Å². The van der Waals surface area contributed by atoms with Crippen LogP contribution in [0.2, 0.25) is 0 Å². The molecule has 4 aromatic carbocycles. The van der Waals surface area contributed by atoms with Crippen LogP contribution in [0, 0.1) is 0 Å². The van der Waals surface area contributed by atoms with Gasteiger partial charge in [-0.3, -0.25) is 38.4 Å². The number of hydroxylamine groups is 2. The van der Waals surface area contributed by atoms with Crippen LogP contribution >= 0.6 is 12.4 Å². The second-order valence-corrected chi connectivity index (χ2v) is 23.0. The number of phenols is 4. The molecule has 2 saturated heterocycles. The number of nitrogens with one attached hydrogen (secondary N) is 2. The maximum atomic E-state index is 14.1. The minimum Gasteiger partial charge on any atom is -0.507 e. The van der Waals surface area contributed by atoms with Crippen LogP contribution in [0.15, 0.2) is 36.4 Å². The Hall–Kier alpha value is -8.04. The van der Waals surface area contributed by atoms with Gasteiger partial charge in [-0.1, -0.05) is 24.3 Å². The van der Waals surface area contributed by atoms with E-state index in [1.807, 2.05) is 0 Å². The van der Waals surface area contributed by atoms with E-state index in [0.29, 0.717) is 0 Å². The standard InChI is InChI=1S/C60H62N2O27.ClH/c1-21-47(67)29(13-37(84-21)86-33-17-58(79,23(3)63)15-27-41(33)55(75)45-43(51(27)71)49(69)25-9-7-11-31(82-5)39(25)53(45)73)61-88-35(65)19-60(81,57(77)78)20-36(66)89-62-30-14-38(85-22(2)48(30)68)87-34-18-59(80,24(4)64)16-28-42(34)56(76)46-44(52(28)72)50(70)26-10-8-12-32(83-6)40(26)54(46)74;/h7-12,21-22,29-30,33-34,37-38,47-48,61-62,67-68,71-72,75-76,79-81H,13-20H2,1-6H3,(H,77,78);1H/t21?,22?,29?,30?,33-,34-,37?,38?,47?,48?,58-,59-,60?;/m0./s1. The van der Waals surface area contributed by atoms with Crippen molar-refractivity contribution in [2.24, 2.45) is 0 Å². The summed E-state index contributed by atoms with van der Waals surface area (Å²) in [7, 11) is 2.51. The number of aliphatic carboxylic acids is 1. The number of rotatable bonds is 17. The van der Waals surface area contributed by atoms with Crippen molar-refractivity contribution in [1.82, 2.24) is 11.0 Å². The van der Waals surface area contributed by atoms with Crippen molar-refractivity contribution in [1.29, 1.82) is 0 Å². The van der Waals surface area contributed by atoms with Gasteiger partial charge in [-0.2, -0.15) is 0 Å². The zero-order valence-electron chi connectivity index (χ0n) is 48.7. The van der Waals surface area contributed by atoms with E-state index in [4.69, 9.17) is 38.1 Å². The number of carbonyl (C=O) groups excluding carboxylic acids is 8. The molecule has 4 aliphatic carbocycles. The minimum atomic E-state index is -3.25. The van der Waals surface area contributed by atoms with Crippen LogP contribution in [-0.2, 0) is 65.4 Å². The van der Waals surface area contributed by atoms with E-state index in [-0.39, 0.29) is 68.4 Å². The van der Waals surface area contributed by atoms with E-state index in [2.05, 4.69) is 11.0 Å². The Balaban J connectivity index is 0.00000960. The molecule has 0 bridgehead atoms. The van der Waals surface area contributed by atoms with Gasteiger partial charge < -0.3 is 89.2 Å². The minimum absolute atomic E-state index is 0. The number of ketones is 6. The number of ether oxygens (including phenoxy) is 6. The Kier molecular flexibility index (Phi) is 18.2. The van der Waals surface area contributed by atoms with Gasteiger partial charge in [0.25, 0.3) is 0 Å². The second kappa shape index (κ2) is 24.6. The van der Waals surface area contributed by atoms with Gasteiger partial charge in [0.15, 0.2) is 41.3 Å². The number of carbonyl (C=O) groups is 9. The van der Waals surface area contributed by atoms with Gasteiger partial charge in [0.05, 0.1) is 109 Å². The van der Waals surface area contributed by atoms with Crippen LogP contribution < -0.4 is 20.4 Å². The lowest BCUT2D eigenvalue weighted by molar-refractivity contribution is -0.257. The summed E-state index contributed by atoms with van der Waals surface area (Å²) in [5, 5.41) is 114. The third-order valence-corrected chi connectivity index (χ3v) is 17.4. The summed E-state index contributed by atoms with van der Waals surface area (Å²) in [6.07, 6.45) is -17.8. The molecule has 12 atom stereocenters. The predicted molar refractivity (Wildman–Crippen MR) is 300 cm³/mol. The summed E-state index contributed by atoms with van der Waals surface area (Å²) in [4.78, 5) is 131. The van der Waals surface area contributed by atoms with Gasteiger partial charge in [-0.25, -0.2) is 4.79 Å². The maximum Gasteiger partial charge on any atom is 0.336 e. The Morgan fingerprint density at radius 2 is 0.944 bits per heavy atom. The number of carboxylic acids is 1. The van der Waals surface area contributed by atoms with Crippen LogP contribution in [0.3, 0.4) is 0 Å². The number of hydrogen-bond acceptors (Lipinski definition) is 28. The van der Waals surface area contributed by atoms with E-state index in [0.717, 1.165) is 13.8 Å². The number of carboxylic acid groups (broad SMARTS) is 1. The molecule has 0 spiro atoms. The van der Waals surface area contributed by atoms with E-state index >= 15 is 0 Å². The number of aliphatic hydroxyl groups is 5. The first kappa shape index (κ1) is 66.4. The fourth-order valence-electron chi connectivity index (χ4n) is 12.5. The quantitative estimate of drug-likeness (QED) is 0.0452. The van der Waals surface area contributed by atoms with Crippen molar-refractivity contribution in [2.75, 3.05) is 14.2 Å². The molecule has 2 aliphatic heterocycles. The van der Waals surface area contributed by atoms with Crippen molar-refractivity contribution in [2.45, 2.75) is 157 Å². The van der Waals surface area contributed by atoms with Gasteiger partial charge >= 0.3 is 17.9 Å². The molecule has 29 nitrogen and oxygen atoms in total. The SMILES string of the molecule is COc1cccc2c1C(=O)c1c(O)c3c(c(O)c1C2=O)C[C@@](O)(C(C)=O)C[C@@H]3OC1CC(NOC(=O)CC(O)(CC(=O)ONC2CC(O[C@H]3C[C@](O)(C(C)=O)Cc4c(O)c5c(c(O)c43)C(=O)c3c(OC)cccc3C5=O)OC(C)C2O)C(=O)O)C(O)C(C)O1.Cl. The number of halogens is 1. The molecule has 4 aromatic rings. The lowest BCUT2D eigenvalue weighted by Gasteiger charge is -2.42. The highest BCUT2D eigenvalue weighted by molar-refractivity contribution is 6.32. The average molecular weight is 1280 g/mol. The Bertz CT molecular complexity index is 3490. The molecule has 8 unspecified atom stereocenters. The first-order chi connectivity index (χ1) is 41.9. The molecule has 0 amide bonds. The van der Waals surface area contributed by atoms with Gasteiger partial charge in [0, 0.05) is 71.9 Å². The van der Waals surface area contributed by atoms with Crippen molar-refractivity contribution < 1.29 is 132 Å². The van der Waals surface area contributed by atoms with Gasteiger partial charge in [-0.05, 0) is 39.8 Å². The molecule has 2 fully saturated rings. The number of aromatic hydroxyl groups is 4. The second-order valence-electron chi connectivity index (χ2n) is 23.0. The fourth-order valence-corrected chi connectivity index (χ4v) is 12.5. The van der Waals surface area contributed by atoms with Gasteiger partial charge in [-0.15, -0.1) is 23.4 Å². The average Bonchev–Trinajstić information content (AvgIpc) is 0.724. The highest BCUT2D eigenvalue weighted by Crippen LogP contribution is 2.55. The molecule has 90 heavy (non-hydrogen) atoms. The summed E-state index contributed by atoms with van der Waals surface area (Å²) in [6, 6.07) is 5.63. The first-order valence-corrected chi connectivity index (χ1v) is 27.9. The molecule has 0 aromatic heterocycles. The summed E-state index contributed by atoms with van der Waals surface area (Å²) < 4.78 is 34.8. The molecule has 2 heterocycles. The van der Waals surface area contributed by atoms with Crippen molar-refractivity contribution >= 4 is 65.0 Å². The Morgan fingerprint density at radius 3 is 1.28 bits per heavy atom. The Labute approximate surface area is 515 Å². The van der Waals surface area contributed by atoms with Gasteiger partial charge in [0.2, 0.25) is 11.6 Å². The van der Waals surface area contributed by atoms with Crippen LogP contribution in [0.1, 0.15) is 164 Å². The molecule has 30 heteroatoms. The van der Waals surface area contributed by atoms with Gasteiger partial charge in [0.1, 0.15) is 45.7 Å². The number of fused-ring (bicyclic) bond motifs is 6. The van der Waals surface area contributed by atoms with Crippen molar-refractivity contribution in [3.8, 4) is 34.5 Å². The van der Waals surface area contributed by atoms with E-state index < -0.39 is 227 Å². The molecular formula is C60H63ClN2O27. The molecular weight excluding hydrogens is 1220 g/mol. The monoisotopic (exact) mass is 1280 g/mol. The lowest BCUT2D eigenvalue weighted by atomic mass is 9.72. The van der Waals surface area contributed by atoms with E-state index in [9.17, 15) is 94.2 Å². The number of hydrogen-bond donors (Lipinski definition) is 12. The normalized spacial score (nSPS) is 28.0. The number of methoxy groups -OCH3 is 2. The summed E-state index contributed by atoms with van der Waals surface area (Å²) >= 11 is 0. The smallest absolute Gasteiger partial charge is 0.336 e. The van der Waals surface area contributed by atoms with Crippen LogP contribution in [0.4, 0.5) is 0 Å². The maximum absolute atomic E-state index is 14.1. The predicted octanol–water partition coefficient (Wildman–Crippen LogP) is 1.27. The highest BCUT2D eigenvalue weighted by Gasteiger charge is 2.53. The zero-order chi connectivity index (χ0) is 64.8. The molecule has 482 valence electrons. The lowest BCUT2D eigenvalue weighted by Crippen LogP contribution is -2.55. The molecule has 10 rings (SSSR count).